The van der Waals surface area contributed by atoms with E-state index in [9.17, 15) is 4.79 Å². The predicted octanol–water partition coefficient (Wildman–Crippen LogP) is 1.93. The summed E-state index contributed by atoms with van der Waals surface area (Å²) in [7, 11) is 1.98. The van der Waals surface area contributed by atoms with Crippen LogP contribution in [0, 0.1) is 0 Å². The van der Waals surface area contributed by atoms with Gasteiger partial charge in [-0.2, -0.15) is 0 Å². The van der Waals surface area contributed by atoms with E-state index in [4.69, 9.17) is 10.2 Å². The number of anilines is 2. The first kappa shape index (κ1) is 13.2. The average Bonchev–Trinajstić information content (AvgIpc) is 2.94. The van der Waals surface area contributed by atoms with Crippen LogP contribution in [0.5, 0.6) is 0 Å². The minimum atomic E-state index is -0.256. The van der Waals surface area contributed by atoms with Crippen LogP contribution in [0.3, 0.4) is 0 Å². The minimum absolute atomic E-state index is 0.256. The molecule has 2 rings (SSSR count). The first-order valence-corrected chi connectivity index (χ1v) is 6.07. The highest BCUT2D eigenvalue weighted by Crippen LogP contribution is 2.17. The van der Waals surface area contributed by atoms with Gasteiger partial charge in [0.1, 0.15) is 0 Å². The number of carbonyl (C=O) groups excluding carboxylic acids is 1. The number of hydrogen-bond donors (Lipinski definition) is 2. The molecule has 0 aliphatic rings. The molecule has 5 nitrogen and oxygen atoms in total. The number of nitrogens with one attached hydrogen (secondary N) is 1. The average molecular weight is 259 g/mol. The van der Waals surface area contributed by atoms with Gasteiger partial charge in [0, 0.05) is 31.5 Å². The van der Waals surface area contributed by atoms with Crippen molar-refractivity contribution in [2.45, 2.75) is 0 Å². The molecule has 100 valence electrons. The fourth-order valence-corrected chi connectivity index (χ4v) is 1.72. The first-order valence-electron chi connectivity index (χ1n) is 6.07. The quantitative estimate of drug-likeness (QED) is 0.860. The van der Waals surface area contributed by atoms with Gasteiger partial charge in [0.05, 0.1) is 6.26 Å². The standard InChI is InChI=1S/C14H17N3O2/c1-17(9-8-15)12-6-4-11(5-7-12)16-14(18)13-3-2-10-19-13/h2-7,10H,8-9,15H2,1H3,(H,16,18). The van der Waals surface area contributed by atoms with Gasteiger partial charge in [-0.1, -0.05) is 0 Å². The molecule has 0 bridgehead atoms. The number of benzene rings is 1. The van der Waals surface area contributed by atoms with Crippen LogP contribution in [0.25, 0.3) is 0 Å². The summed E-state index contributed by atoms with van der Waals surface area (Å²) in [6.45, 7) is 1.39. The molecule has 0 saturated heterocycles. The fourth-order valence-electron chi connectivity index (χ4n) is 1.72. The van der Waals surface area contributed by atoms with E-state index in [1.54, 1.807) is 12.1 Å². The van der Waals surface area contributed by atoms with Crippen molar-refractivity contribution >= 4 is 17.3 Å². The van der Waals surface area contributed by atoms with E-state index in [0.717, 1.165) is 17.9 Å². The summed E-state index contributed by atoms with van der Waals surface area (Å²) in [5, 5.41) is 2.77. The molecule has 0 spiro atoms. The zero-order valence-corrected chi connectivity index (χ0v) is 10.8. The Kier molecular flexibility index (Phi) is 4.20. The normalized spacial score (nSPS) is 10.2. The highest BCUT2D eigenvalue weighted by molar-refractivity contribution is 6.02. The van der Waals surface area contributed by atoms with Gasteiger partial charge < -0.3 is 20.4 Å². The molecule has 2 aromatic rings. The molecule has 1 amide bonds. The molecule has 19 heavy (non-hydrogen) atoms. The molecule has 0 radical (unpaired) electrons. The van der Waals surface area contributed by atoms with Crippen molar-refractivity contribution in [3.8, 4) is 0 Å². The lowest BCUT2D eigenvalue weighted by molar-refractivity contribution is 0.0996. The second-order valence-corrected chi connectivity index (χ2v) is 4.19. The lowest BCUT2D eigenvalue weighted by atomic mass is 10.2. The Morgan fingerprint density at radius 2 is 2.05 bits per heavy atom. The van der Waals surface area contributed by atoms with Crippen LogP contribution in [0.15, 0.2) is 47.1 Å². The minimum Gasteiger partial charge on any atom is -0.459 e. The van der Waals surface area contributed by atoms with E-state index in [1.165, 1.54) is 6.26 Å². The van der Waals surface area contributed by atoms with Gasteiger partial charge in [-0.05, 0) is 36.4 Å². The van der Waals surface area contributed by atoms with Crippen LogP contribution in [0.2, 0.25) is 0 Å². The van der Waals surface area contributed by atoms with Crippen molar-refractivity contribution in [1.82, 2.24) is 0 Å². The molecule has 3 N–H and O–H groups in total. The summed E-state index contributed by atoms with van der Waals surface area (Å²) in [6.07, 6.45) is 1.47. The summed E-state index contributed by atoms with van der Waals surface area (Å²) in [6, 6.07) is 10.9. The van der Waals surface area contributed by atoms with E-state index in [2.05, 4.69) is 10.2 Å². The maximum Gasteiger partial charge on any atom is 0.291 e. The Hall–Kier alpha value is -2.27. The lowest BCUT2D eigenvalue weighted by Crippen LogP contribution is -2.24. The summed E-state index contributed by atoms with van der Waals surface area (Å²) in [5.74, 6) is 0.0392. The van der Waals surface area contributed by atoms with E-state index >= 15 is 0 Å². The number of likely N-dealkylation sites (N-methyl/N-ethyl adjacent to an activating group) is 1. The van der Waals surface area contributed by atoms with Crippen LogP contribution in [0.1, 0.15) is 10.6 Å². The first-order chi connectivity index (χ1) is 9.20. The second-order valence-electron chi connectivity index (χ2n) is 4.19. The molecule has 5 heteroatoms. The van der Waals surface area contributed by atoms with Gasteiger partial charge in [-0.15, -0.1) is 0 Å². The van der Waals surface area contributed by atoms with Crippen molar-refractivity contribution in [2.24, 2.45) is 5.73 Å². The number of amides is 1. The smallest absolute Gasteiger partial charge is 0.291 e. The summed E-state index contributed by atoms with van der Waals surface area (Å²) < 4.78 is 5.03. The highest BCUT2D eigenvalue weighted by Gasteiger charge is 2.08. The zero-order valence-electron chi connectivity index (χ0n) is 10.8. The lowest BCUT2D eigenvalue weighted by Gasteiger charge is -2.18. The second kappa shape index (κ2) is 6.06. The molecule has 1 aromatic carbocycles. The van der Waals surface area contributed by atoms with E-state index in [0.29, 0.717) is 12.3 Å². The Morgan fingerprint density at radius 3 is 2.63 bits per heavy atom. The topological polar surface area (TPSA) is 71.5 Å². The number of nitrogens with zero attached hydrogens (tertiary/aromatic N) is 1. The molecule has 0 aliphatic heterocycles. The number of carbonyl (C=O) groups is 1. The third-order valence-corrected chi connectivity index (χ3v) is 2.78. The Morgan fingerprint density at radius 1 is 1.32 bits per heavy atom. The molecule has 0 fully saturated rings. The molecule has 1 aromatic heterocycles. The van der Waals surface area contributed by atoms with E-state index < -0.39 is 0 Å². The van der Waals surface area contributed by atoms with Gasteiger partial charge >= 0.3 is 0 Å². The SMILES string of the molecule is CN(CCN)c1ccc(NC(=O)c2ccco2)cc1. The molecule has 1 heterocycles. The number of hydrogen-bond acceptors (Lipinski definition) is 4. The maximum atomic E-state index is 11.8. The molecular weight excluding hydrogens is 242 g/mol. The Bertz CT molecular complexity index is 520. The van der Waals surface area contributed by atoms with Gasteiger partial charge in [-0.3, -0.25) is 4.79 Å². The molecular formula is C14H17N3O2. The Labute approximate surface area is 112 Å². The molecule has 0 aliphatic carbocycles. The predicted molar refractivity (Wildman–Crippen MR) is 75.4 cm³/mol. The van der Waals surface area contributed by atoms with Gasteiger partial charge in [0.25, 0.3) is 5.91 Å². The van der Waals surface area contributed by atoms with E-state index in [1.807, 2.05) is 31.3 Å². The summed E-state index contributed by atoms with van der Waals surface area (Å²) in [4.78, 5) is 13.8. The van der Waals surface area contributed by atoms with Gasteiger partial charge in [-0.25, -0.2) is 0 Å². The van der Waals surface area contributed by atoms with Crippen molar-refractivity contribution in [3.05, 3.63) is 48.4 Å². The summed E-state index contributed by atoms with van der Waals surface area (Å²) in [5.41, 5.74) is 7.29. The number of rotatable bonds is 5. The number of furan rings is 1. The van der Waals surface area contributed by atoms with Crippen molar-refractivity contribution in [2.75, 3.05) is 30.4 Å². The molecule has 0 saturated carbocycles. The maximum absolute atomic E-state index is 11.8. The van der Waals surface area contributed by atoms with Crippen molar-refractivity contribution in [1.29, 1.82) is 0 Å². The largest absolute Gasteiger partial charge is 0.459 e. The third-order valence-electron chi connectivity index (χ3n) is 2.78. The number of nitrogens with two attached hydrogens (primary N) is 1. The Balaban J connectivity index is 2.01. The molecule has 0 atom stereocenters. The highest BCUT2D eigenvalue weighted by atomic mass is 16.3. The van der Waals surface area contributed by atoms with Crippen LogP contribution in [-0.4, -0.2) is 26.0 Å². The summed E-state index contributed by atoms with van der Waals surface area (Å²) >= 11 is 0. The van der Waals surface area contributed by atoms with Crippen LogP contribution >= 0.6 is 0 Å². The van der Waals surface area contributed by atoms with Crippen molar-refractivity contribution in [3.63, 3.8) is 0 Å². The van der Waals surface area contributed by atoms with Gasteiger partial charge in [0.15, 0.2) is 5.76 Å². The third kappa shape index (κ3) is 3.35. The van der Waals surface area contributed by atoms with Crippen molar-refractivity contribution < 1.29 is 9.21 Å². The van der Waals surface area contributed by atoms with Crippen LogP contribution in [-0.2, 0) is 0 Å². The fraction of sp³-hybridized carbons (Fsp3) is 0.214. The van der Waals surface area contributed by atoms with Crippen LogP contribution in [0.4, 0.5) is 11.4 Å². The molecule has 0 unspecified atom stereocenters. The zero-order chi connectivity index (χ0) is 13.7. The monoisotopic (exact) mass is 259 g/mol. The van der Waals surface area contributed by atoms with E-state index in [-0.39, 0.29) is 5.91 Å². The van der Waals surface area contributed by atoms with Gasteiger partial charge in [0.2, 0.25) is 0 Å². The van der Waals surface area contributed by atoms with Crippen LogP contribution < -0.4 is 16.0 Å².